The maximum Gasteiger partial charge on any atom is 0.350 e. The number of carbonyl (C=O) groups excluding carboxylic acids is 2. The van der Waals surface area contributed by atoms with Crippen LogP contribution in [-0.2, 0) is 25.7 Å². The SMILES string of the molecule is CC1(C)OC(=O)C(=CNc2ccc(COc3ccccc3)cc2)C(=O)O1. The minimum absolute atomic E-state index is 0.180. The summed E-state index contributed by atoms with van der Waals surface area (Å²) in [6.45, 7) is 3.45. The monoisotopic (exact) mass is 353 g/mol. The second kappa shape index (κ2) is 7.31. The third-order valence-corrected chi connectivity index (χ3v) is 3.60. The first-order valence-electron chi connectivity index (χ1n) is 8.13. The number of benzene rings is 2. The first-order valence-corrected chi connectivity index (χ1v) is 8.13. The number of carbonyl (C=O) groups is 2. The molecule has 0 amide bonds. The highest BCUT2D eigenvalue weighted by Crippen LogP contribution is 2.23. The molecule has 2 aromatic carbocycles. The van der Waals surface area contributed by atoms with Gasteiger partial charge in [-0.15, -0.1) is 0 Å². The maximum atomic E-state index is 11.9. The van der Waals surface area contributed by atoms with Crippen LogP contribution in [0.3, 0.4) is 0 Å². The molecule has 0 radical (unpaired) electrons. The van der Waals surface area contributed by atoms with Crippen molar-refractivity contribution in [3.8, 4) is 5.75 Å². The van der Waals surface area contributed by atoms with E-state index in [1.54, 1.807) is 0 Å². The van der Waals surface area contributed by atoms with Gasteiger partial charge in [0, 0.05) is 25.7 Å². The molecule has 1 saturated heterocycles. The molecule has 0 aliphatic carbocycles. The van der Waals surface area contributed by atoms with E-state index in [1.165, 1.54) is 20.0 Å². The van der Waals surface area contributed by atoms with Crippen molar-refractivity contribution in [1.29, 1.82) is 0 Å². The van der Waals surface area contributed by atoms with Crippen molar-refractivity contribution in [3.63, 3.8) is 0 Å². The Hall–Kier alpha value is -3.28. The minimum Gasteiger partial charge on any atom is -0.489 e. The summed E-state index contributed by atoms with van der Waals surface area (Å²) in [7, 11) is 0. The Labute approximate surface area is 151 Å². The normalized spacial score (nSPS) is 15.7. The van der Waals surface area contributed by atoms with Crippen molar-refractivity contribution in [1.82, 2.24) is 0 Å². The second-order valence-corrected chi connectivity index (χ2v) is 6.18. The fourth-order valence-electron chi connectivity index (χ4n) is 2.31. The van der Waals surface area contributed by atoms with E-state index in [1.807, 2.05) is 54.6 Å². The number of rotatable bonds is 5. The summed E-state index contributed by atoms with van der Waals surface area (Å²) in [6.07, 6.45) is 1.29. The summed E-state index contributed by atoms with van der Waals surface area (Å²) < 4.78 is 15.7. The summed E-state index contributed by atoms with van der Waals surface area (Å²) in [5.74, 6) is -1.87. The Morgan fingerprint density at radius 3 is 2.19 bits per heavy atom. The van der Waals surface area contributed by atoms with Crippen molar-refractivity contribution in [3.05, 3.63) is 71.9 Å². The first-order chi connectivity index (χ1) is 12.4. The van der Waals surface area contributed by atoms with Crippen molar-refractivity contribution in [2.45, 2.75) is 26.2 Å². The van der Waals surface area contributed by atoms with Crippen molar-refractivity contribution >= 4 is 17.6 Å². The zero-order chi connectivity index (χ0) is 18.6. The molecule has 0 aromatic heterocycles. The standard InChI is InChI=1S/C20H19NO5/c1-20(2)25-18(22)17(19(23)26-20)12-21-15-10-8-14(9-11-15)13-24-16-6-4-3-5-7-16/h3-12,21H,13H2,1-2H3. The summed E-state index contributed by atoms with van der Waals surface area (Å²) in [5.41, 5.74) is 1.53. The summed E-state index contributed by atoms with van der Waals surface area (Å²) in [4.78, 5) is 23.7. The van der Waals surface area contributed by atoms with Gasteiger partial charge in [0.25, 0.3) is 5.79 Å². The number of hydrogen-bond donors (Lipinski definition) is 1. The molecule has 1 aliphatic rings. The zero-order valence-electron chi connectivity index (χ0n) is 14.5. The van der Waals surface area contributed by atoms with Crippen LogP contribution in [-0.4, -0.2) is 17.7 Å². The number of ether oxygens (including phenoxy) is 3. The van der Waals surface area contributed by atoms with Gasteiger partial charge in [-0.25, -0.2) is 9.59 Å². The lowest BCUT2D eigenvalue weighted by atomic mass is 10.2. The smallest absolute Gasteiger partial charge is 0.350 e. The van der Waals surface area contributed by atoms with Gasteiger partial charge >= 0.3 is 11.9 Å². The van der Waals surface area contributed by atoms with Crippen LogP contribution in [0.25, 0.3) is 0 Å². The van der Waals surface area contributed by atoms with Crippen LogP contribution in [0.2, 0.25) is 0 Å². The van der Waals surface area contributed by atoms with Gasteiger partial charge in [0.05, 0.1) is 0 Å². The molecule has 1 fully saturated rings. The number of esters is 2. The van der Waals surface area contributed by atoms with Gasteiger partial charge in [-0.2, -0.15) is 0 Å². The van der Waals surface area contributed by atoms with E-state index >= 15 is 0 Å². The average molecular weight is 353 g/mol. The average Bonchev–Trinajstić information content (AvgIpc) is 2.60. The number of para-hydroxylation sites is 1. The number of nitrogens with one attached hydrogen (secondary N) is 1. The third kappa shape index (κ3) is 4.42. The fourth-order valence-corrected chi connectivity index (χ4v) is 2.31. The van der Waals surface area contributed by atoms with Gasteiger partial charge in [0.15, 0.2) is 5.57 Å². The molecule has 0 saturated carbocycles. The van der Waals surface area contributed by atoms with Gasteiger partial charge < -0.3 is 19.5 Å². The third-order valence-electron chi connectivity index (χ3n) is 3.60. The van der Waals surface area contributed by atoms with Crippen LogP contribution in [0.4, 0.5) is 5.69 Å². The van der Waals surface area contributed by atoms with Crippen LogP contribution < -0.4 is 10.1 Å². The molecule has 0 bridgehead atoms. The van der Waals surface area contributed by atoms with E-state index in [0.717, 1.165) is 11.3 Å². The van der Waals surface area contributed by atoms with Gasteiger partial charge in [0.1, 0.15) is 12.4 Å². The van der Waals surface area contributed by atoms with Gasteiger partial charge in [-0.1, -0.05) is 30.3 Å². The molecule has 3 rings (SSSR count). The van der Waals surface area contributed by atoms with E-state index in [4.69, 9.17) is 14.2 Å². The van der Waals surface area contributed by atoms with Crippen molar-refractivity contribution < 1.29 is 23.8 Å². The predicted octanol–water partition coefficient (Wildman–Crippen LogP) is 3.40. The molecule has 6 nitrogen and oxygen atoms in total. The topological polar surface area (TPSA) is 73.9 Å². The maximum absolute atomic E-state index is 11.9. The largest absolute Gasteiger partial charge is 0.489 e. The summed E-state index contributed by atoms with van der Waals surface area (Å²) >= 11 is 0. The lowest BCUT2D eigenvalue weighted by Crippen LogP contribution is -2.42. The predicted molar refractivity (Wildman–Crippen MR) is 95.2 cm³/mol. The molecule has 1 N–H and O–H groups in total. The van der Waals surface area contributed by atoms with Gasteiger partial charge in [-0.05, 0) is 29.8 Å². The molecule has 1 heterocycles. The Morgan fingerprint density at radius 1 is 0.962 bits per heavy atom. The number of anilines is 1. The Balaban J connectivity index is 1.59. The van der Waals surface area contributed by atoms with Crippen LogP contribution in [0, 0.1) is 0 Å². The van der Waals surface area contributed by atoms with Crippen LogP contribution >= 0.6 is 0 Å². The van der Waals surface area contributed by atoms with E-state index in [-0.39, 0.29) is 5.57 Å². The first kappa shape index (κ1) is 17.5. The molecule has 0 atom stereocenters. The lowest BCUT2D eigenvalue weighted by molar-refractivity contribution is -0.222. The van der Waals surface area contributed by atoms with Crippen molar-refractivity contribution in [2.75, 3.05) is 5.32 Å². The Kier molecular flexibility index (Phi) is 4.93. The Morgan fingerprint density at radius 2 is 1.58 bits per heavy atom. The molecule has 6 heteroatoms. The van der Waals surface area contributed by atoms with Crippen LogP contribution in [0.15, 0.2) is 66.4 Å². The molecular formula is C20H19NO5. The molecule has 26 heavy (non-hydrogen) atoms. The number of cyclic esters (lactones) is 2. The zero-order valence-corrected chi connectivity index (χ0v) is 14.5. The minimum atomic E-state index is -1.24. The molecule has 134 valence electrons. The fraction of sp³-hybridized carbons (Fsp3) is 0.200. The highest BCUT2D eigenvalue weighted by molar-refractivity contribution is 6.15. The van der Waals surface area contributed by atoms with Crippen LogP contribution in [0.1, 0.15) is 19.4 Å². The lowest BCUT2D eigenvalue weighted by Gasteiger charge is -2.29. The van der Waals surface area contributed by atoms with Crippen LogP contribution in [0.5, 0.6) is 5.75 Å². The van der Waals surface area contributed by atoms with E-state index in [9.17, 15) is 9.59 Å². The van der Waals surface area contributed by atoms with Crippen molar-refractivity contribution in [2.24, 2.45) is 0 Å². The molecular weight excluding hydrogens is 334 g/mol. The molecule has 0 spiro atoms. The highest BCUT2D eigenvalue weighted by atomic mass is 16.7. The van der Waals surface area contributed by atoms with E-state index < -0.39 is 17.7 Å². The highest BCUT2D eigenvalue weighted by Gasteiger charge is 2.38. The summed E-state index contributed by atoms with van der Waals surface area (Å²) in [5, 5.41) is 2.90. The second-order valence-electron chi connectivity index (χ2n) is 6.18. The molecule has 1 aliphatic heterocycles. The van der Waals surface area contributed by atoms with Gasteiger partial charge in [0.2, 0.25) is 0 Å². The number of hydrogen-bond acceptors (Lipinski definition) is 6. The summed E-state index contributed by atoms with van der Waals surface area (Å²) in [6, 6.07) is 17.0. The molecule has 0 unspecified atom stereocenters. The van der Waals surface area contributed by atoms with E-state index in [0.29, 0.717) is 12.3 Å². The quantitative estimate of drug-likeness (QED) is 0.504. The van der Waals surface area contributed by atoms with Gasteiger partial charge in [-0.3, -0.25) is 0 Å². The van der Waals surface area contributed by atoms with E-state index in [2.05, 4.69) is 5.32 Å². The molecule has 2 aromatic rings. The Bertz CT molecular complexity index is 803.